The van der Waals surface area contributed by atoms with Gasteiger partial charge < -0.3 is 21.1 Å². The van der Waals surface area contributed by atoms with Crippen LogP contribution in [0.25, 0.3) is 6.08 Å². The molecule has 1 aromatic carbocycles. The number of rotatable bonds is 8. The molecule has 9 heteroatoms. The number of carbonyl (C=O) groups excluding carboxylic acids is 4. The molecule has 194 valence electrons. The lowest BCUT2D eigenvalue weighted by atomic mass is 9.96. The molecule has 0 spiro atoms. The molecule has 0 saturated heterocycles. The minimum atomic E-state index is -1.24. The summed E-state index contributed by atoms with van der Waals surface area (Å²) in [4.78, 5) is 58.6. The number of carboxylic acids is 1. The van der Waals surface area contributed by atoms with Crippen LogP contribution in [0.4, 0.5) is 5.69 Å². The van der Waals surface area contributed by atoms with Crippen molar-refractivity contribution >= 4 is 41.2 Å². The highest BCUT2D eigenvalue weighted by Crippen LogP contribution is 2.26. The Morgan fingerprint density at radius 3 is 2.23 bits per heavy atom. The number of fused-ring (bicyclic) bond motifs is 1. The van der Waals surface area contributed by atoms with Gasteiger partial charge >= 0.3 is 17.8 Å². The molecule has 35 heavy (non-hydrogen) atoms. The maximum Gasteiger partial charge on any atom is 0.313 e. The number of allylic oxidation sites excluding steroid dienone is 1. The van der Waals surface area contributed by atoms with Crippen molar-refractivity contribution in [2.24, 2.45) is 5.92 Å². The van der Waals surface area contributed by atoms with Crippen molar-refractivity contribution < 1.29 is 29.1 Å². The van der Waals surface area contributed by atoms with E-state index >= 15 is 0 Å². The van der Waals surface area contributed by atoms with E-state index in [1.807, 2.05) is 32.1 Å². The second-order valence-corrected chi connectivity index (χ2v) is 8.23. The second-order valence-electron chi connectivity index (χ2n) is 8.23. The van der Waals surface area contributed by atoms with Crippen molar-refractivity contribution in [1.82, 2.24) is 10.6 Å². The number of anilines is 1. The van der Waals surface area contributed by atoms with E-state index in [2.05, 4.69) is 36.7 Å². The fraction of sp³-hybridized carbons (Fsp3) is 0.500. The highest BCUT2D eigenvalue weighted by Gasteiger charge is 2.23. The number of hydrogen-bond acceptors (Lipinski definition) is 5. The summed E-state index contributed by atoms with van der Waals surface area (Å²) in [5, 5.41) is 15.8. The lowest BCUT2D eigenvalue weighted by molar-refractivity contribution is -0.140. The number of nitrogens with one attached hydrogen (secondary N) is 3. The highest BCUT2D eigenvalue weighted by atomic mass is 16.4. The summed E-state index contributed by atoms with van der Waals surface area (Å²) in [7, 11) is 0. The largest absolute Gasteiger partial charge is 0.481 e. The average molecular weight is 490 g/mol. The standard InChI is InChI=1S/C20H23N3O6.C4H10.C2H6/c1-2-16(24)15(10-18(26)27)22-17(25)11-21-19(28)20(29)23-14-9-5-7-12-6-3-4-8-13(12)14;1-4(2)3;1-2/h4-5,7-9,15H,2-3,6,10-11H2,1H3,(H,21,28)(H,22,25)(H,23,29)(H,26,27);4H,1-3H3;1-2H3. The van der Waals surface area contributed by atoms with E-state index in [0.29, 0.717) is 5.69 Å². The van der Waals surface area contributed by atoms with Crippen molar-refractivity contribution in [3.8, 4) is 0 Å². The zero-order valence-electron chi connectivity index (χ0n) is 21.6. The van der Waals surface area contributed by atoms with Crippen molar-refractivity contribution in [1.29, 1.82) is 0 Å². The first-order valence-electron chi connectivity index (χ1n) is 12.0. The van der Waals surface area contributed by atoms with Gasteiger partial charge in [-0.25, -0.2) is 0 Å². The zero-order valence-corrected chi connectivity index (χ0v) is 21.6. The molecule has 4 N–H and O–H groups in total. The van der Waals surface area contributed by atoms with Gasteiger partial charge in [0.25, 0.3) is 0 Å². The van der Waals surface area contributed by atoms with Crippen molar-refractivity contribution in [3.05, 3.63) is 35.4 Å². The fourth-order valence-electron chi connectivity index (χ4n) is 2.91. The third-order valence-corrected chi connectivity index (χ3v) is 4.38. The smallest absolute Gasteiger partial charge is 0.313 e. The molecule has 1 aromatic rings. The number of amides is 3. The van der Waals surface area contributed by atoms with Crippen molar-refractivity contribution in [3.63, 3.8) is 0 Å². The first kappa shape index (κ1) is 31.5. The molecule has 0 bridgehead atoms. The number of ketones is 1. The van der Waals surface area contributed by atoms with Gasteiger partial charge in [0.05, 0.1) is 19.0 Å². The van der Waals surface area contributed by atoms with Crippen LogP contribution in [-0.4, -0.2) is 47.2 Å². The Bertz CT molecular complexity index is 906. The van der Waals surface area contributed by atoms with Crippen LogP contribution in [0, 0.1) is 5.92 Å². The molecular formula is C26H39N3O6. The number of carbonyl (C=O) groups is 5. The minimum absolute atomic E-state index is 0.0584. The van der Waals surface area contributed by atoms with Crippen LogP contribution in [0.15, 0.2) is 24.3 Å². The van der Waals surface area contributed by atoms with Crippen molar-refractivity contribution in [2.75, 3.05) is 11.9 Å². The van der Waals surface area contributed by atoms with E-state index in [4.69, 9.17) is 5.11 Å². The Hall–Kier alpha value is -3.49. The van der Waals surface area contributed by atoms with Crippen LogP contribution < -0.4 is 16.0 Å². The predicted octanol–water partition coefficient (Wildman–Crippen LogP) is 3.33. The van der Waals surface area contributed by atoms with E-state index < -0.39 is 48.5 Å². The van der Waals surface area contributed by atoms with Crippen LogP contribution in [0.1, 0.15) is 71.9 Å². The van der Waals surface area contributed by atoms with Crippen LogP contribution >= 0.6 is 0 Å². The molecule has 9 nitrogen and oxygen atoms in total. The number of Topliss-reactive ketones (excluding diaryl/α,β-unsaturated/α-hetero) is 1. The van der Waals surface area contributed by atoms with Gasteiger partial charge in [-0.1, -0.05) is 65.8 Å². The summed E-state index contributed by atoms with van der Waals surface area (Å²) in [6.45, 7) is 11.5. The molecule has 2 rings (SSSR count). The van der Waals surface area contributed by atoms with Crippen molar-refractivity contribution in [2.45, 2.75) is 73.3 Å². The molecular weight excluding hydrogens is 450 g/mol. The minimum Gasteiger partial charge on any atom is -0.481 e. The molecule has 0 aromatic heterocycles. The highest BCUT2D eigenvalue weighted by molar-refractivity contribution is 6.40. The summed E-state index contributed by atoms with van der Waals surface area (Å²) in [5.41, 5.74) is 2.40. The molecule has 0 fully saturated rings. The summed E-state index contributed by atoms with van der Waals surface area (Å²) in [6.07, 6.45) is 5.11. The molecule has 1 atom stereocenters. The molecule has 1 unspecified atom stereocenters. The third kappa shape index (κ3) is 12.5. The van der Waals surface area contributed by atoms with E-state index in [0.717, 1.165) is 29.9 Å². The number of aryl methyl sites for hydroxylation is 1. The molecule has 3 amide bonds. The average Bonchev–Trinajstić information content (AvgIpc) is 2.82. The SMILES string of the molecule is CC.CC(C)C.CCC(=O)C(CC(=O)O)NC(=O)CNC(=O)C(=O)Nc1cccc2c1C=CCC2. The number of benzene rings is 1. The molecule has 0 radical (unpaired) electrons. The van der Waals surface area contributed by atoms with E-state index in [9.17, 15) is 24.0 Å². The van der Waals surface area contributed by atoms with Crippen LogP contribution in [0.2, 0.25) is 0 Å². The third-order valence-electron chi connectivity index (χ3n) is 4.38. The maximum atomic E-state index is 12.1. The van der Waals surface area contributed by atoms with Gasteiger partial charge in [0, 0.05) is 17.7 Å². The molecule has 0 heterocycles. The summed E-state index contributed by atoms with van der Waals surface area (Å²) >= 11 is 0. The number of aliphatic carboxylic acids is 1. The van der Waals surface area contributed by atoms with Gasteiger partial charge in [-0.2, -0.15) is 0 Å². The Labute approximate surface area is 207 Å². The topological polar surface area (TPSA) is 142 Å². The Morgan fingerprint density at radius 1 is 1.03 bits per heavy atom. The van der Waals surface area contributed by atoms with Crippen LogP contribution in [0.5, 0.6) is 0 Å². The summed E-state index contributed by atoms with van der Waals surface area (Å²) < 4.78 is 0. The molecule has 1 aliphatic rings. The second kappa shape index (κ2) is 17.0. The van der Waals surface area contributed by atoms with Gasteiger partial charge in [0.1, 0.15) is 0 Å². The predicted molar refractivity (Wildman–Crippen MR) is 137 cm³/mol. The Balaban J connectivity index is 0.00000174. The maximum absolute atomic E-state index is 12.1. The monoisotopic (exact) mass is 489 g/mol. The van der Waals surface area contributed by atoms with Crippen LogP contribution in [-0.2, 0) is 30.4 Å². The lowest BCUT2D eigenvalue weighted by Crippen LogP contribution is -2.47. The quantitative estimate of drug-likeness (QED) is 0.413. The summed E-state index contributed by atoms with van der Waals surface area (Å²) in [5.74, 6) is -3.56. The first-order chi connectivity index (χ1) is 16.5. The number of carboxylic acid groups (broad SMARTS) is 1. The van der Waals surface area contributed by atoms with Gasteiger partial charge in [-0.3, -0.25) is 24.0 Å². The zero-order chi connectivity index (χ0) is 27.0. The van der Waals surface area contributed by atoms with E-state index in [1.54, 1.807) is 19.1 Å². The normalized spacial score (nSPS) is 12.0. The van der Waals surface area contributed by atoms with E-state index in [1.165, 1.54) is 0 Å². The lowest BCUT2D eigenvalue weighted by Gasteiger charge is -2.16. The molecule has 1 aliphatic carbocycles. The fourth-order valence-corrected chi connectivity index (χ4v) is 2.91. The first-order valence-corrected chi connectivity index (χ1v) is 12.0. The number of hydrogen-bond donors (Lipinski definition) is 4. The Kier molecular flexibility index (Phi) is 15.3. The molecule has 0 saturated carbocycles. The summed E-state index contributed by atoms with van der Waals surface area (Å²) in [6, 6.07) is 4.23. The molecule has 0 aliphatic heterocycles. The van der Waals surface area contributed by atoms with Gasteiger partial charge in [0.15, 0.2) is 5.78 Å². The van der Waals surface area contributed by atoms with E-state index in [-0.39, 0.29) is 6.42 Å². The van der Waals surface area contributed by atoms with Gasteiger partial charge in [-0.05, 0) is 30.4 Å². The Morgan fingerprint density at radius 2 is 1.66 bits per heavy atom. The van der Waals surface area contributed by atoms with Gasteiger partial charge in [-0.15, -0.1) is 0 Å². The van der Waals surface area contributed by atoms with Crippen LogP contribution in [0.3, 0.4) is 0 Å². The van der Waals surface area contributed by atoms with Gasteiger partial charge in [0.2, 0.25) is 5.91 Å².